The van der Waals surface area contributed by atoms with Crippen LogP contribution < -0.4 is 5.32 Å². The van der Waals surface area contributed by atoms with Crippen LogP contribution in [0, 0.1) is 0 Å². The highest BCUT2D eigenvalue weighted by atomic mass is 16.2. The summed E-state index contributed by atoms with van der Waals surface area (Å²) in [5.41, 5.74) is 1.63. The molecular formula is C8H11N3O. The van der Waals surface area contributed by atoms with E-state index >= 15 is 0 Å². The molecule has 64 valence electrons. The smallest absolute Gasteiger partial charge is 0.272 e. The molecule has 0 radical (unpaired) electrons. The largest absolute Gasteiger partial charge is 0.345 e. The summed E-state index contributed by atoms with van der Waals surface area (Å²) in [5.74, 6) is -0.0418. The summed E-state index contributed by atoms with van der Waals surface area (Å²) in [6, 6.07) is 0. The fourth-order valence-electron chi connectivity index (χ4n) is 1.46. The van der Waals surface area contributed by atoms with E-state index in [-0.39, 0.29) is 5.91 Å². The fourth-order valence-corrected chi connectivity index (χ4v) is 1.46. The van der Waals surface area contributed by atoms with E-state index in [2.05, 4.69) is 17.2 Å². The zero-order chi connectivity index (χ0) is 8.55. The van der Waals surface area contributed by atoms with E-state index in [4.69, 9.17) is 0 Å². The molecule has 12 heavy (non-hydrogen) atoms. The van der Waals surface area contributed by atoms with Gasteiger partial charge in [0.1, 0.15) is 0 Å². The minimum absolute atomic E-state index is 0.0418. The van der Waals surface area contributed by atoms with Crippen molar-refractivity contribution in [3.05, 3.63) is 17.7 Å². The van der Waals surface area contributed by atoms with Gasteiger partial charge in [-0.2, -0.15) is 0 Å². The number of imidazole rings is 1. The zero-order valence-electron chi connectivity index (χ0n) is 7.00. The normalized spacial score (nSPS) is 14.6. The van der Waals surface area contributed by atoms with Gasteiger partial charge >= 0.3 is 0 Å². The molecule has 0 bridgehead atoms. The lowest BCUT2D eigenvalue weighted by Crippen LogP contribution is -2.14. The predicted octanol–water partition coefficient (Wildman–Crippen LogP) is 0.536. The SMILES string of the molecule is CCCn1cnc2c1CNC2=O. The summed E-state index contributed by atoms with van der Waals surface area (Å²) >= 11 is 0. The molecule has 1 aromatic heterocycles. The summed E-state index contributed by atoms with van der Waals surface area (Å²) in [4.78, 5) is 15.1. The van der Waals surface area contributed by atoms with E-state index in [0.29, 0.717) is 12.2 Å². The average molecular weight is 165 g/mol. The van der Waals surface area contributed by atoms with Crippen LogP contribution in [0.1, 0.15) is 29.5 Å². The molecule has 0 fully saturated rings. The maximum absolute atomic E-state index is 11.1. The molecule has 1 aromatic rings. The molecule has 0 unspecified atom stereocenters. The maximum Gasteiger partial charge on any atom is 0.272 e. The highest BCUT2D eigenvalue weighted by molar-refractivity contribution is 5.95. The Morgan fingerprint density at radius 1 is 1.75 bits per heavy atom. The van der Waals surface area contributed by atoms with E-state index in [1.165, 1.54) is 0 Å². The first-order valence-corrected chi connectivity index (χ1v) is 4.15. The van der Waals surface area contributed by atoms with Crippen LogP contribution in [0.3, 0.4) is 0 Å². The Balaban J connectivity index is 2.36. The van der Waals surface area contributed by atoms with Crippen molar-refractivity contribution >= 4 is 5.91 Å². The second-order valence-electron chi connectivity index (χ2n) is 2.92. The van der Waals surface area contributed by atoms with Crippen molar-refractivity contribution in [2.75, 3.05) is 0 Å². The molecule has 2 rings (SSSR count). The standard InChI is InChI=1S/C8H11N3O/c1-2-3-11-5-10-7-6(11)4-9-8(7)12/h5H,2-4H2,1H3,(H,9,12). The van der Waals surface area contributed by atoms with Gasteiger partial charge in [0.25, 0.3) is 5.91 Å². The summed E-state index contributed by atoms with van der Waals surface area (Å²) in [6.45, 7) is 3.68. The predicted molar refractivity (Wildman–Crippen MR) is 43.7 cm³/mol. The van der Waals surface area contributed by atoms with Crippen LogP contribution in [-0.2, 0) is 13.1 Å². The molecule has 0 aliphatic carbocycles. The minimum Gasteiger partial charge on any atom is -0.345 e. The second kappa shape index (κ2) is 2.62. The molecule has 1 amide bonds. The number of nitrogens with zero attached hydrogens (tertiary/aromatic N) is 2. The van der Waals surface area contributed by atoms with Gasteiger partial charge in [-0.3, -0.25) is 4.79 Å². The number of nitrogens with one attached hydrogen (secondary N) is 1. The summed E-state index contributed by atoms with van der Waals surface area (Å²) in [5, 5.41) is 2.74. The molecule has 0 spiro atoms. The van der Waals surface area contributed by atoms with Gasteiger partial charge in [0.15, 0.2) is 5.69 Å². The van der Waals surface area contributed by atoms with Gasteiger partial charge in [-0.1, -0.05) is 6.92 Å². The number of fused-ring (bicyclic) bond motifs is 1. The first-order chi connectivity index (χ1) is 5.83. The van der Waals surface area contributed by atoms with Gasteiger partial charge in [-0.15, -0.1) is 0 Å². The number of carbonyl (C=O) groups excluding carboxylic acids is 1. The number of aryl methyl sites for hydroxylation is 1. The summed E-state index contributed by atoms with van der Waals surface area (Å²) in [6.07, 6.45) is 2.81. The molecule has 0 aromatic carbocycles. The molecule has 1 N–H and O–H groups in total. The highest BCUT2D eigenvalue weighted by Crippen LogP contribution is 2.13. The molecule has 0 atom stereocenters. The lowest BCUT2D eigenvalue weighted by atomic mass is 10.3. The van der Waals surface area contributed by atoms with Crippen molar-refractivity contribution in [1.82, 2.24) is 14.9 Å². The fraction of sp³-hybridized carbons (Fsp3) is 0.500. The Kier molecular flexibility index (Phi) is 1.60. The Bertz CT molecular complexity index is 316. The van der Waals surface area contributed by atoms with Crippen molar-refractivity contribution in [3.63, 3.8) is 0 Å². The highest BCUT2D eigenvalue weighted by Gasteiger charge is 2.23. The Morgan fingerprint density at radius 2 is 2.58 bits per heavy atom. The summed E-state index contributed by atoms with van der Waals surface area (Å²) < 4.78 is 2.03. The van der Waals surface area contributed by atoms with Crippen molar-refractivity contribution < 1.29 is 4.79 Å². The van der Waals surface area contributed by atoms with Gasteiger partial charge in [0, 0.05) is 6.54 Å². The first kappa shape index (κ1) is 7.34. The van der Waals surface area contributed by atoms with Crippen molar-refractivity contribution in [3.8, 4) is 0 Å². The van der Waals surface area contributed by atoms with E-state index in [0.717, 1.165) is 18.7 Å². The van der Waals surface area contributed by atoms with E-state index in [9.17, 15) is 4.79 Å². The molecule has 1 aliphatic rings. The number of hydrogen-bond acceptors (Lipinski definition) is 2. The van der Waals surface area contributed by atoms with Crippen molar-refractivity contribution in [2.45, 2.75) is 26.4 Å². The molecule has 0 saturated heterocycles. The monoisotopic (exact) mass is 165 g/mol. The third-order valence-electron chi connectivity index (χ3n) is 2.04. The number of hydrogen-bond donors (Lipinski definition) is 1. The first-order valence-electron chi connectivity index (χ1n) is 4.15. The molecular weight excluding hydrogens is 154 g/mol. The summed E-state index contributed by atoms with van der Waals surface area (Å²) in [7, 11) is 0. The van der Waals surface area contributed by atoms with Gasteiger partial charge in [-0.05, 0) is 6.42 Å². The van der Waals surface area contributed by atoms with E-state index < -0.39 is 0 Å². The van der Waals surface area contributed by atoms with Gasteiger partial charge in [0.2, 0.25) is 0 Å². The Labute approximate surface area is 70.6 Å². The Hall–Kier alpha value is -1.32. The van der Waals surface area contributed by atoms with Crippen LogP contribution in [0.15, 0.2) is 6.33 Å². The van der Waals surface area contributed by atoms with Crippen LogP contribution in [0.4, 0.5) is 0 Å². The molecule has 0 saturated carbocycles. The topological polar surface area (TPSA) is 46.9 Å². The van der Waals surface area contributed by atoms with Crippen LogP contribution in [0.25, 0.3) is 0 Å². The minimum atomic E-state index is -0.0418. The number of aromatic nitrogens is 2. The number of amides is 1. The third kappa shape index (κ3) is 0.913. The number of rotatable bonds is 2. The van der Waals surface area contributed by atoms with Crippen LogP contribution >= 0.6 is 0 Å². The average Bonchev–Trinajstić information content (AvgIpc) is 2.58. The molecule has 2 heterocycles. The zero-order valence-corrected chi connectivity index (χ0v) is 7.00. The van der Waals surface area contributed by atoms with Crippen LogP contribution in [0.5, 0.6) is 0 Å². The number of carbonyl (C=O) groups is 1. The second-order valence-corrected chi connectivity index (χ2v) is 2.92. The quantitative estimate of drug-likeness (QED) is 0.695. The van der Waals surface area contributed by atoms with Crippen LogP contribution in [-0.4, -0.2) is 15.5 Å². The molecule has 1 aliphatic heterocycles. The van der Waals surface area contributed by atoms with E-state index in [1.54, 1.807) is 6.33 Å². The lowest BCUT2D eigenvalue weighted by molar-refractivity contribution is 0.0961. The van der Waals surface area contributed by atoms with Crippen molar-refractivity contribution in [2.24, 2.45) is 0 Å². The molecule has 4 nitrogen and oxygen atoms in total. The Morgan fingerprint density at radius 3 is 3.33 bits per heavy atom. The van der Waals surface area contributed by atoms with Crippen molar-refractivity contribution in [1.29, 1.82) is 0 Å². The van der Waals surface area contributed by atoms with E-state index in [1.807, 2.05) is 4.57 Å². The third-order valence-corrected chi connectivity index (χ3v) is 2.04. The van der Waals surface area contributed by atoms with Gasteiger partial charge in [-0.25, -0.2) is 4.98 Å². The maximum atomic E-state index is 11.1. The van der Waals surface area contributed by atoms with Crippen LogP contribution in [0.2, 0.25) is 0 Å². The van der Waals surface area contributed by atoms with Gasteiger partial charge < -0.3 is 9.88 Å². The van der Waals surface area contributed by atoms with Gasteiger partial charge in [0.05, 0.1) is 18.6 Å². The lowest BCUT2D eigenvalue weighted by Gasteiger charge is -2.01. The molecule has 4 heteroatoms.